The molecule has 0 aromatic rings. The molecule has 2 saturated carbocycles. The van der Waals surface area contributed by atoms with Gasteiger partial charge >= 0.3 is 0 Å². The largest absolute Gasteiger partial charge is 0.381 e. The SMILES string of the molecule is COC1CC(NC(=O)CC2CCCCC2N)C1(C)C. The highest BCUT2D eigenvalue weighted by Crippen LogP contribution is 2.42. The first-order chi connectivity index (χ1) is 8.95. The van der Waals surface area contributed by atoms with Crippen molar-refractivity contribution >= 4 is 5.91 Å². The summed E-state index contributed by atoms with van der Waals surface area (Å²) in [5.41, 5.74) is 6.14. The van der Waals surface area contributed by atoms with E-state index in [1.165, 1.54) is 12.8 Å². The summed E-state index contributed by atoms with van der Waals surface area (Å²) in [6.45, 7) is 4.31. The molecule has 2 rings (SSSR count). The Balaban J connectivity index is 1.79. The molecule has 19 heavy (non-hydrogen) atoms. The van der Waals surface area contributed by atoms with Crippen LogP contribution in [0.5, 0.6) is 0 Å². The van der Waals surface area contributed by atoms with Crippen molar-refractivity contribution in [3.8, 4) is 0 Å². The zero-order valence-corrected chi connectivity index (χ0v) is 12.4. The van der Waals surface area contributed by atoms with E-state index >= 15 is 0 Å². The molecule has 110 valence electrons. The van der Waals surface area contributed by atoms with Crippen molar-refractivity contribution in [2.24, 2.45) is 17.1 Å². The summed E-state index contributed by atoms with van der Waals surface area (Å²) < 4.78 is 5.41. The third kappa shape index (κ3) is 3.11. The van der Waals surface area contributed by atoms with Gasteiger partial charge < -0.3 is 15.8 Å². The predicted octanol–water partition coefficient (Wildman–Crippen LogP) is 1.82. The number of hydrogen-bond donors (Lipinski definition) is 2. The summed E-state index contributed by atoms with van der Waals surface area (Å²) in [7, 11) is 1.74. The van der Waals surface area contributed by atoms with Gasteiger partial charge in [-0.05, 0) is 25.2 Å². The number of carbonyl (C=O) groups excluding carboxylic acids is 1. The minimum absolute atomic E-state index is 0.0408. The van der Waals surface area contributed by atoms with Crippen LogP contribution in [-0.2, 0) is 9.53 Å². The lowest BCUT2D eigenvalue weighted by Crippen LogP contribution is -2.62. The molecule has 0 aromatic carbocycles. The lowest BCUT2D eigenvalue weighted by atomic mass is 9.64. The quantitative estimate of drug-likeness (QED) is 0.817. The van der Waals surface area contributed by atoms with Crippen LogP contribution < -0.4 is 11.1 Å². The van der Waals surface area contributed by atoms with Crippen molar-refractivity contribution in [1.82, 2.24) is 5.32 Å². The lowest BCUT2D eigenvalue weighted by molar-refractivity contribution is -0.133. The average molecular weight is 268 g/mol. The average Bonchev–Trinajstić information content (AvgIpc) is 2.37. The Labute approximate surface area is 116 Å². The maximum absolute atomic E-state index is 12.1. The van der Waals surface area contributed by atoms with E-state index in [1.807, 2.05) is 0 Å². The van der Waals surface area contributed by atoms with Gasteiger partial charge in [0, 0.05) is 31.0 Å². The fourth-order valence-corrected chi connectivity index (χ4v) is 3.51. The molecular formula is C15H28N2O2. The molecule has 2 aliphatic carbocycles. The molecule has 0 spiro atoms. The second-order valence-electron chi connectivity index (χ2n) is 6.81. The van der Waals surface area contributed by atoms with Crippen LogP contribution in [-0.4, -0.2) is 31.2 Å². The Bertz CT molecular complexity index is 330. The third-order valence-electron chi connectivity index (χ3n) is 5.21. The number of rotatable bonds is 4. The predicted molar refractivity (Wildman–Crippen MR) is 75.7 cm³/mol. The minimum atomic E-state index is 0.0408. The van der Waals surface area contributed by atoms with Crippen LogP contribution in [0.4, 0.5) is 0 Å². The second kappa shape index (κ2) is 5.80. The highest BCUT2D eigenvalue weighted by atomic mass is 16.5. The molecule has 2 fully saturated rings. The molecule has 0 aliphatic heterocycles. The first-order valence-corrected chi connectivity index (χ1v) is 7.53. The Kier molecular flexibility index (Phi) is 4.51. The van der Waals surface area contributed by atoms with E-state index in [0.717, 1.165) is 19.3 Å². The Hall–Kier alpha value is -0.610. The summed E-state index contributed by atoms with van der Waals surface area (Å²) in [5.74, 6) is 0.533. The number of amides is 1. The van der Waals surface area contributed by atoms with Crippen molar-refractivity contribution in [2.45, 2.75) is 70.6 Å². The Morgan fingerprint density at radius 1 is 1.37 bits per heavy atom. The van der Waals surface area contributed by atoms with Gasteiger partial charge in [0.25, 0.3) is 0 Å². The molecule has 1 amide bonds. The second-order valence-corrected chi connectivity index (χ2v) is 6.81. The highest BCUT2D eigenvalue weighted by Gasteiger charge is 2.49. The van der Waals surface area contributed by atoms with E-state index in [9.17, 15) is 4.79 Å². The van der Waals surface area contributed by atoms with Crippen LogP contribution in [0.1, 0.15) is 52.4 Å². The Morgan fingerprint density at radius 2 is 2.05 bits per heavy atom. The van der Waals surface area contributed by atoms with E-state index < -0.39 is 0 Å². The van der Waals surface area contributed by atoms with Crippen molar-refractivity contribution in [2.75, 3.05) is 7.11 Å². The molecule has 4 unspecified atom stereocenters. The molecule has 0 saturated heterocycles. The summed E-state index contributed by atoms with van der Waals surface area (Å²) in [4.78, 5) is 12.1. The summed E-state index contributed by atoms with van der Waals surface area (Å²) in [6, 6.07) is 0.449. The van der Waals surface area contributed by atoms with Gasteiger partial charge in [0.1, 0.15) is 0 Å². The van der Waals surface area contributed by atoms with E-state index in [4.69, 9.17) is 10.5 Å². The van der Waals surface area contributed by atoms with Crippen LogP contribution in [0.15, 0.2) is 0 Å². The molecule has 4 atom stereocenters. The number of hydrogen-bond acceptors (Lipinski definition) is 3. The minimum Gasteiger partial charge on any atom is -0.381 e. The van der Waals surface area contributed by atoms with Crippen molar-refractivity contribution in [3.63, 3.8) is 0 Å². The van der Waals surface area contributed by atoms with Gasteiger partial charge in [0.2, 0.25) is 5.91 Å². The van der Waals surface area contributed by atoms with Gasteiger partial charge in [0.05, 0.1) is 6.10 Å². The standard InChI is InChI=1S/C15H28N2O2/c1-15(2)12(9-13(15)19-3)17-14(18)8-10-6-4-5-7-11(10)16/h10-13H,4-9,16H2,1-3H3,(H,17,18). The topological polar surface area (TPSA) is 64.3 Å². The van der Waals surface area contributed by atoms with Gasteiger partial charge in [0.15, 0.2) is 0 Å². The third-order valence-corrected chi connectivity index (χ3v) is 5.21. The van der Waals surface area contributed by atoms with E-state index in [0.29, 0.717) is 12.3 Å². The van der Waals surface area contributed by atoms with Crippen LogP contribution in [0.2, 0.25) is 0 Å². The maximum Gasteiger partial charge on any atom is 0.220 e. The van der Waals surface area contributed by atoms with Crippen molar-refractivity contribution in [3.05, 3.63) is 0 Å². The van der Waals surface area contributed by atoms with Gasteiger partial charge in [-0.25, -0.2) is 0 Å². The summed E-state index contributed by atoms with van der Waals surface area (Å²) in [6.07, 6.45) is 6.37. The van der Waals surface area contributed by atoms with Gasteiger partial charge in [-0.3, -0.25) is 4.79 Å². The van der Waals surface area contributed by atoms with Gasteiger partial charge in [-0.1, -0.05) is 26.7 Å². The zero-order chi connectivity index (χ0) is 14.0. The van der Waals surface area contributed by atoms with E-state index in [1.54, 1.807) is 7.11 Å². The fraction of sp³-hybridized carbons (Fsp3) is 0.933. The number of carbonyl (C=O) groups is 1. The summed E-state index contributed by atoms with van der Waals surface area (Å²) in [5, 5.41) is 3.16. The number of ether oxygens (including phenoxy) is 1. The van der Waals surface area contributed by atoms with Crippen LogP contribution >= 0.6 is 0 Å². The molecule has 4 heteroatoms. The normalized spacial score (nSPS) is 37.5. The maximum atomic E-state index is 12.1. The van der Waals surface area contributed by atoms with Crippen LogP contribution in [0.3, 0.4) is 0 Å². The van der Waals surface area contributed by atoms with E-state index in [2.05, 4.69) is 19.2 Å². The number of nitrogens with two attached hydrogens (primary N) is 1. The highest BCUT2D eigenvalue weighted by molar-refractivity contribution is 5.76. The van der Waals surface area contributed by atoms with Gasteiger partial charge in [-0.2, -0.15) is 0 Å². The van der Waals surface area contributed by atoms with Gasteiger partial charge in [-0.15, -0.1) is 0 Å². The zero-order valence-electron chi connectivity index (χ0n) is 12.4. The molecule has 0 radical (unpaired) electrons. The molecule has 0 bridgehead atoms. The molecule has 0 aromatic heterocycles. The number of nitrogens with one attached hydrogen (secondary N) is 1. The van der Waals surface area contributed by atoms with Crippen LogP contribution in [0.25, 0.3) is 0 Å². The van der Waals surface area contributed by atoms with Crippen molar-refractivity contribution in [1.29, 1.82) is 0 Å². The summed E-state index contributed by atoms with van der Waals surface area (Å²) >= 11 is 0. The van der Waals surface area contributed by atoms with Crippen molar-refractivity contribution < 1.29 is 9.53 Å². The molecule has 4 nitrogen and oxygen atoms in total. The Morgan fingerprint density at radius 3 is 2.63 bits per heavy atom. The van der Waals surface area contributed by atoms with Crippen LogP contribution in [0, 0.1) is 11.3 Å². The monoisotopic (exact) mass is 268 g/mol. The first kappa shape index (κ1) is 14.8. The molecular weight excluding hydrogens is 240 g/mol. The fourth-order valence-electron chi connectivity index (χ4n) is 3.51. The number of methoxy groups -OCH3 is 1. The first-order valence-electron chi connectivity index (χ1n) is 7.53. The molecule has 2 aliphatic rings. The molecule has 0 heterocycles. The van der Waals surface area contributed by atoms with E-state index in [-0.39, 0.29) is 29.5 Å². The lowest BCUT2D eigenvalue weighted by Gasteiger charge is -2.51. The molecule has 3 N–H and O–H groups in total. The smallest absolute Gasteiger partial charge is 0.220 e.